The predicted molar refractivity (Wildman–Crippen MR) is 188 cm³/mol. The molecule has 0 radical (unpaired) electrons. The molecular weight excluding hydrogens is 588 g/mol. The molecule has 3 aromatic carbocycles. The molecule has 7 nitrogen and oxygen atoms in total. The van der Waals surface area contributed by atoms with E-state index in [0.29, 0.717) is 30.6 Å². The van der Waals surface area contributed by atoms with Crippen molar-refractivity contribution in [3.63, 3.8) is 0 Å². The minimum atomic E-state index is -0.919. The summed E-state index contributed by atoms with van der Waals surface area (Å²) < 4.78 is 11.4. The molecule has 2 atom stereocenters. The van der Waals surface area contributed by atoms with E-state index in [2.05, 4.69) is 62.6 Å². The Hall–Kier alpha value is -4.39. The number of amides is 2. The van der Waals surface area contributed by atoms with E-state index >= 15 is 0 Å². The number of esters is 1. The van der Waals surface area contributed by atoms with Crippen LogP contribution in [0.5, 0.6) is 11.5 Å². The van der Waals surface area contributed by atoms with E-state index in [4.69, 9.17) is 9.47 Å². The first-order chi connectivity index (χ1) is 22.5. The molecule has 0 aromatic heterocycles. The fourth-order valence-corrected chi connectivity index (χ4v) is 5.20. The molecule has 0 fully saturated rings. The van der Waals surface area contributed by atoms with Crippen molar-refractivity contribution in [1.82, 2.24) is 10.6 Å². The molecule has 252 valence electrons. The molecule has 7 heteroatoms. The van der Waals surface area contributed by atoms with Crippen LogP contribution in [0.4, 0.5) is 0 Å². The molecule has 0 saturated carbocycles. The van der Waals surface area contributed by atoms with Gasteiger partial charge < -0.3 is 20.1 Å². The SMILES string of the molecule is COc1cc(CNC(=O)CCCCC=CC(C)C)ccc1OC(=O)C(Cc1ccccc1)NC(=O)C(C)c1ccc(CC(C)C)cc1. The van der Waals surface area contributed by atoms with E-state index in [1.807, 2.05) is 49.4 Å². The fourth-order valence-electron chi connectivity index (χ4n) is 5.20. The summed E-state index contributed by atoms with van der Waals surface area (Å²) in [6.45, 7) is 10.8. The summed E-state index contributed by atoms with van der Waals surface area (Å²) >= 11 is 0. The molecule has 0 bridgehead atoms. The number of carbonyl (C=O) groups excluding carboxylic acids is 3. The zero-order valence-corrected chi connectivity index (χ0v) is 28.9. The monoisotopic (exact) mass is 640 g/mol. The molecule has 2 N–H and O–H groups in total. The summed E-state index contributed by atoms with van der Waals surface area (Å²) in [4.78, 5) is 39.4. The number of carbonyl (C=O) groups is 3. The van der Waals surface area contributed by atoms with Crippen molar-refractivity contribution in [1.29, 1.82) is 0 Å². The van der Waals surface area contributed by atoms with Gasteiger partial charge in [0.25, 0.3) is 0 Å². The zero-order chi connectivity index (χ0) is 34.2. The van der Waals surface area contributed by atoms with Gasteiger partial charge in [0.2, 0.25) is 11.8 Å². The van der Waals surface area contributed by atoms with Crippen LogP contribution in [0.2, 0.25) is 0 Å². The van der Waals surface area contributed by atoms with Crippen LogP contribution >= 0.6 is 0 Å². The van der Waals surface area contributed by atoms with Gasteiger partial charge in [-0.1, -0.05) is 101 Å². The number of methoxy groups -OCH3 is 1. The van der Waals surface area contributed by atoms with Gasteiger partial charge in [-0.05, 0) is 78.8 Å². The van der Waals surface area contributed by atoms with Crippen LogP contribution in [-0.4, -0.2) is 30.9 Å². The summed E-state index contributed by atoms with van der Waals surface area (Å²) in [6, 6.07) is 21.9. The van der Waals surface area contributed by atoms with Crippen molar-refractivity contribution < 1.29 is 23.9 Å². The Bertz CT molecular complexity index is 1450. The second-order valence-electron chi connectivity index (χ2n) is 12.9. The maximum atomic E-state index is 13.6. The molecule has 0 aliphatic heterocycles. The number of hydrogen-bond donors (Lipinski definition) is 2. The summed E-state index contributed by atoms with van der Waals surface area (Å²) in [5.74, 6) is 0.370. The number of rotatable bonds is 18. The number of benzene rings is 3. The maximum absolute atomic E-state index is 13.6. The highest BCUT2D eigenvalue weighted by atomic mass is 16.6. The van der Waals surface area contributed by atoms with Crippen molar-refractivity contribution in [2.24, 2.45) is 11.8 Å². The molecule has 0 saturated heterocycles. The van der Waals surface area contributed by atoms with E-state index in [1.54, 1.807) is 18.2 Å². The Labute approximate surface area is 281 Å². The first-order valence-corrected chi connectivity index (χ1v) is 16.8. The Balaban J connectivity index is 1.63. The number of hydrogen-bond acceptors (Lipinski definition) is 5. The molecule has 2 unspecified atom stereocenters. The molecule has 3 aromatic rings. The van der Waals surface area contributed by atoms with Crippen molar-refractivity contribution in [3.8, 4) is 11.5 Å². The Kier molecular flexibility index (Phi) is 15.2. The van der Waals surface area contributed by atoms with E-state index < -0.39 is 17.9 Å². The van der Waals surface area contributed by atoms with Crippen LogP contribution in [0.25, 0.3) is 0 Å². The van der Waals surface area contributed by atoms with E-state index in [0.717, 1.165) is 42.4 Å². The van der Waals surface area contributed by atoms with Gasteiger partial charge in [0.05, 0.1) is 13.0 Å². The highest BCUT2D eigenvalue weighted by molar-refractivity contribution is 5.89. The van der Waals surface area contributed by atoms with Gasteiger partial charge >= 0.3 is 5.97 Å². The lowest BCUT2D eigenvalue weighted by Crippen LogP contribution is -2.46. The summed E-state index contributed by atoms with van der Waals surface area (Å²) in [6.07, 6.45) is 8.85. The first kappa shape index (κ1) is 37.1. The third-order valence-electron chi connectivity index (χ3n) is 7.87. The van der Waals surface area contributed by atoms with Gasteiger partial charge in [0.1, 0.15) is 6.04 Å². The van der Waals surface area contributed by atoms with Crippen LogP contribution in [0.3, 0.4) is 0 Å². The topological polar surface area (TPSA) is 93.7 Å². The average Bonchev–Trinajstić information content (AvgIpc) is 3.05. The fraction of sp³-hybridized carbons (Fsp3) is 0.425. The molecular formula is C40H52N2O5. The van der Waals surface area contributed by atoms with Gasteiger partial charge in [-0.25, -0.2) is 4.79 Å². The second kappa shape index (κ2) is 19.3. The largest absolute Gasteiger partial charge is 0.493 e. The Morgan fingerprint density at radius 3 is 2.13 bits per heavy atom. The van der Waals surface area contributed by atoms with E-state index in [9.17, 15) is 14.4 Å². The Morgan fingerprint density at radius 1 is 0.787 bits per heavy atom. The van der Waals surface area contributed by atoms with Gasteiger partial charge in [-0.15, -0.1) is 0 Å². The van der Waals surface area contributed by atoms with Crippen molar-refractivity contribution in [2.75, 3.05) is 7.11 Å². The summed E-state index contributed by atoms with van der Waals surface area (Å²) in [5.41, 5.74) is 3.82. The van der Waals surface area contributed by atoms with Gasteiger partial charge in [0, 0.05) is 19.4 Å². The predicted octanol–water partition coefficient (Wildman–Crippen LogP) is 7.72. The van der Waals surface area contributed by atoms with Gasteiger partial charge in [-0.2, -0.15) is 0 Å². The first-order valence-electron chi connectivity index (χ1n) is 16.8. The Morgan fingerprint density at radius 2 is 1.47 bits per heavy atom. The van der Waals surface area contributed by atoms with Crippen LogP contribution in [0.1, 0.15) is 88.5 Å². The lowest BCUT2D eigenvalue weighted by atomic mass is 9.95. The molecule has 0 spiro atoms. The quantitative estimate of drug-likeness (QED) is 0.0643. The van der Waals surface area contributed by atoms with Crippen LogP contribution in [-0.2, 0) is 33.8 Å². The van der Waals surface area contributed by atoms with Gasteiger partial charge in [-0.3, -0.25) is 9.59 Å². The van der Waals surface area contributed by atoms with Crippen molar-refractivity contribution in [3.05, 3.63) is 107 Å². The third-order valence-corrected chi connectivity index (χ3v) is 7.87. The standard InChI is InChI=1S/C40H52N2O5/c1-28(2)14-10-7-8-13-17-38(43)41-27-33-20-23-36(37(26-33)46-6)47-40(45)35(25-31-15-11-9-12-16-31)42-39(44)30(5)34-21-18-32(19-22-34)24-29(3)4/h9-12,14-16,18-23,26,28-30,35H,7-8,13,17,24-25,27H2,1-6H3,(H,41,43)(H,42,44). The number of unbranched alkanes of at least 4 members (excludes halogenated alkanes) is 2. The van der Waals surface area contributed by atoms with Crippen LogP contribution in [0.15, 0.2) is 84.9 Å². The number of ether oxygens (including phenoxy) is 2. The maximum Gasteiger partial charge on any atom is 0.334 e. The van der Waals surface area contributed by atoms with Gasteiger partial charge in [0.15, 0.2) is 11.5 Å². The highest BCUT2D eigenvalue weighted by Crippen LogP contribution is 2.29. The average molecular weight is 641 g/mol. The van der Waals surface area contributed by atoms with Crippen LogP contribution < -0.4 is 20.1 Å². The molecule has 3 rings (SSSR count). The van der Waals surface area contributed by atoms with Crippen molar-refractivity contribution >= 4 is 17.8 Å². The second-order valence-corrected chi connectivity index (χ2v) is 12.9. The number of nitrogens with one attached hydrogen (secondary N) is 2. The highest BCUT2D eigenvalue weighted by Gasteiger charge is 2.27. The normalized spacial score (nSPS) is 12.6. The zero-order valence-electron chi connectivity index (χ0n) is 28.9. The summed E-state index contributed by atoms with van der Waals surface area (Å²) in [5, 5.41) is 5.89. The number of allylic oxidation sites excluding steroid dienone is 2. The smallest absolute Gasteiger partial charge is 0.334 e. The van der Waals surface area contributed by atoms with Crippen molar-refractivity contribution in [2.45, 2.75) is 91.6 Å². The molecule has 2 amide bonds. The molecule has 47 heavy (non-hydrogen) atoms. The molecule has 0 aliphatic rings. The lowest BCUT2D eigenvalue weighted by Gasteiger charge is -2.21. The van der Waals surface area contributed by atoms with Crippen LogP contribution in [0, 0.1) is 11.8 Å². The minimum Gasteiger partial charge on any atom is -0.493 e. The summed E-state index contributed by atoms with van der Waals surface area (Å²) in [7, 11) is 1.50. The molecule has 0 aliphatic carbocycles. The minimum absolute atomic E-state index is 0.00691. The third kappa shape index (κ3) is 13.1. The lowest BCUT2D eigenvalue weighted by molar-refractivity contribution is -0.139. The van der Waals surface area contributed by atoms with E-state index in [-0.39, 0.29) is 24.0 Å². The van der Waals surface area contributed by atoms with E-state index in [1.165, 1.54) is 12.7 Å². The molecule has 0 heterocycles.